The summed E-state index contributed by atoms with van der Waals surface area (Å²) in [6.07, 6.45) is 0. The molecule has 0 heterocycles. The van der Waals surface area contributed by atoms with Crippen molar-refractivity contribution in [1.82, 2.24) is 0 Å². The Labute approximate surface area is 229 Å². The third-order valence-corrected chi connectivity index (χ3v) is 5.48. The summed E-state index contributed by atoms with van der Waals surface area (Å²) in [5, 5.41) is 9.51. The van der Waals surface area contributed by atoms with Crippen LogP contribution in [0.15, 0.2) is 76.5 Å². The first-order valence-corrected chi connectivity index (χ1v) is 10.9. The number of nitriles is 1. The second kappa shape index (κ2) is 11.6. The van der Waals surface area contributed by atoms with Crippen LogP contribution >= 0.6 is 0 Å². The second-order valence-electron chi connectivity index (χ2n) is 5.80. The largest absolute Gasteiger partial charge is 1.00 e. The first kappa shape index (κ1) is 28.6. The van der Waals surface area contributed by atoms with Crippen LogP contribution in [0.3, 0.4) is 0 Å². The molecule has 32 heavy (non-hydrogen) atoms. The van der Waals surface area contributed by atoms with Crippen molar-refractivity contribution in [3.8, 4) is 29.1 Å². The summed E-state index contributed by atoms with van der Waals surface area (Å²) in [5.74, 6) is 0.570. The Morgan fingerprint density at radius 3 is 1.28 bits per heavy atom. The van der Waals surface area contributed by atoms with Crippen molar-refractivity contribution in [1.29, 1.82) is 5.26 Å². The van der Waals surface area contributed by atoms with Gasteiger partial charge in [-0.15, -0.1) is 0 Å². The van der Waals surface area contributed by atoms with Gasteiger partial charge in [-0.25, -0.2) is 16.8 Å². The summed E-state index contributed by atoms with van der Waals surface area (Å²) in [6, 6.07) is 15.8. The Bertz CT molecular complexity index is 1240. The van der Waals surface area contributed by atoms with Crippen molar-refractivity contribution in [2.45, 2.75) is 9.79 Å². The average molecular weight is 491 g/mol. The van der Waals surface area contributed by atoms with E-state index in [9.17, 15) is 31.2 Å². The Morgan fingerprint density at radius 1 is 0.656 bits per heavy atom. The molecule has 0 unspecified atom stereocenters. The molecule has 0 amide bonds. The fraction of sp³-hybridized carbons (Fsp3) is 0. The molecule has 0 bridgehead atoms. The Hall–Kier alpha value is -1.43. The van der Waals surface area contributed by atoms with Crippen molar-refractivity contribution in [2.75, 3.05) is 0 Å². The molecule has 0 fully saturated rings. The van der Waals surface area contributed by atoms with Crippen LogP contribution < -0.4 is 68.6 Å². The standard InChI is InChI=1S/C19H13NO8S2.2Na/c20-12-17-18(27-13-4-8-15(9-5-13)29(21,22)23)2-1-3-19(17)28-14-6-10-16(11-7-14)30(24,25)26;;/h1-11H,(H,21,22,23)(H,24,25,26);;/q;2*+1/p-2. The summed E-state index contributed by atoms with van der Waals surface area (Å²) in [4.78, 5) is -0.841. The maximum Gasteiger partial charge on any atom is 1.00 e. The fourth-order valence-electron chi connectivity index (χ4n) is 2.39. The van der Waals surface area contributed by atoms with E-state index in [1.807, 2.05) is 6.07 Å². The van der Waals surface area contributed by atoms with Gasteiger partial charge in [-0.1, -0.05) is 6.07 Å². The van der Waals surface area contributed by atoms with E-state index in [1.54, 1.807) is 6.07 Å². The molecule has 3 aromatic carbocycles. The van der Waals surface area contributed by atoms with Gasteiger partial charge in [-0.05, 0) is 60.7 Å². The predicted molar refractivity (Wildman–Crippen MR) is 100 cm³/mol. The first-order chi connectivity index (χ1) is 14.1. The molecule has 13 heteroatoms. The van der Waals surface area contributed by atoms with Crippen LogP contribution in [0.1, 0.15) is 5.56 Å². The molecule has 0 spiro atoms. The molecule has 0 atom stereocenters. The summed E-state index contributed by atoms with van der Waals surface area (Å²) >= 11 is 0. The number of hydrogen-bond donors (Lipinski definition) is 0. The smallest absolute Gasteiger partial charge is 0.744 e. The zero-order chi connectivity index (χ0) is 21.9. The van der Waals surface area contributed by atoms with Crippen LogP contribution in [0.2, 0.25) is 0 Å². The third-order valence-electron chi connectivity index (χ3n) is 3.78. The Balaban J connectivity index is 0.00000256. The molecule has 0 aliphatic heterocycles. The van der Waals surface area contributed by atoms with Crippen molar-refractivity contribution < 1.29 is 94.5 Å². The van der Waals surface area contributed by atoms with E-state index >= 15 is 0 Å². The molecule has 9 nitrogen and oxygen atoms in total. The molecule has 3 aromatic rings. The van der Waals surface area contributed by atoms with Gasteiger partial charge < -0.3 is 18.6 Å². The van der Waals surface area contributed by atoms with E-state index in [0.29, 0.717) is 0 Å². The van der Waals surface area contributed by atoms with Crippen molar-refractivity contribution in [3.63, 3.8) is 0 Å². The number of ether oxygens (including phenoxy) is 2. The number of rotatable bonds is 6. The van der Waals surface area contributed by atoms with E-state index in [-0.39, 0.29) is 87.7 Å². The average Bonchev–Trinajstić information content (AvgIpc) is 2.68. The molecule has 0 aliphatic rings. The Morgan fingerprint density at radius 2 is 1.00 bits per heavy atom. The molecule has 0 saturated carbocycles. The van der Waals surface area contributed by atoms with Gasteiger partial charge in [0.25, 0.3) is 0 Å². The molecular formula is C19H11NNa2O8S2. The van der Waals surface area contributed by atoms with Crippen LogP contribution in [-0.4, -0.2) is 25.9 Å². The van der Waals surface area contributed by atoms with Gasteiger partial charge in [0.2, 0.25) is 0 Å². The van der Waals surface area contributed by atoms with E-state index in [4.69, 9.17) is 9.47 Å². The summed E-state index contributed by atoms with van der Waals surface area (Å²) in [6.45, 7) is 0. The monoisotopic (exact) mass is 491 g/mol. The van der Waals surface area contributed by atoms with E-state index in [1.165, 1.54) is 36.4 Å². The van der Waals surface area contributed by atoms with Crippen LogP contribution in [0.4, 0.5) is 0 Å². The van der Waals surface area contributed by atoms with Crippen LogP contribution in [0.25, 0.3) is 0 Å². The predicted octanol–water partition coefficient (Wildman–Crippen LogP) is -3.04. The Kier molecular flexibility index (Phi) is 10.4. The third kappa shape index (κ3) is 7.29. The van der Waals surface area contributed by atoms with Crippen molar-refractivity contribution in [2.24, 2.45) is 0 Å². The fourth-order valence-corrected chi connectivity index (χ4v) is 3.33. The molecular weight excluding hydrogens is 480 g/mol. The first-order valence-electron chi connectivity index (χ1n) is 8.09. The van der Waals surface area contributed by atoms with Gasteiger partial charge in [0.15, 0.2) is 0 Å². The molecule has 0 N–H and O–H groups in total. The zero-order valence-electron chi connectivity index (χ0n) is 16.9. The maximum atomic E-state index is 11.0. The molecule has 154 valence electrons. The molecule has 0 aliphatic carbocycles. The molecule has 0 saturated heterocycles. The van der Waals surface area contributed by atoms with E-state index in [0.717, 1.165) is 24.3 Å². The number of nitrogens with zero attached hydrogens (tertiary/aromatic N) is 1. The minimum absolute atomic E-state index is 0. The maximum absolute atomic E-state index is 11.0. The minimum Gasteiger partial charge on any atom is -0.744 e. The van der Waals surface area contributed by atoms with Gasteiger partial charge in [0.1, 0.15) is 54.9 Å². The van der Waals surface area contributed by atoms with Gasteiger partial charge in [-0.3, -0.25) is 0 Å². The van der Waals surface area contributed by atoms with Crippen LogP contribution in [0, 0.1) is 11.3 Å². The second-order valence-corrected chi connectivity index (χ2v) is 8.56. The SMILES string of the molecule is N#Cc1c(Oc2ccc(S(=O)(=O)[O-])cc2)cccc1Oc1ccc(S(=O)(=O)[O-])cc1.[Na+].[Na+]. The minimum atomic E-state index is -4.59. The summed E-state index contributed by atoms with van der Waals surface area (Å²) < 4.78 is 77.1. The van der Waals surface area contributed by atoms with Gasteiger partial charge in [0.05, 0.1) is 9.79 Å². The molecule has 3 rings (SSSR count). The van der Waals surface area contributed by atoms with Crippen LogP contribution in [-0.2, 0) is 20.2 Å². The van der Waals surface area contributed by atoms with E-state index < -0.39 is 30.0 Å². The number of benzene rings is 3. The quantitative estimate of drug-likeness (QED) is 0.258. The van der Waals surface area contributed by atoms with Gasteiger partial charge in [-0.2, -0.15) is 5.26 Å². The van der Waals surface area contributed by atoms with Crippen LogP contribution in [0.5, 0.6) is 23.0 Å². The van der Waals surface area contributed by atoms with Crippen molar-refractivity contribution in [3.05, 3.63) is 72.3 Å². The zero-order valence-corrected chi connectivity index (χ0v) is 22.5. The van der Waals surface area contributed by atoms with Crippen molar-refractivity contribution >= 4 is 20.2 Å². The molecule has 0 radical (unpaired) electrons. The van der Waals surface area contributed by atoms with E-state index in [2.05, 4.69) is 0 Å². The number of hydrogen-bond acceptors (Lipinski definition) is 9. The van der Waals surface area contributed by atoms with Gasteiger partial charge in [0, 0.05) is 0 Å². The summed E-state index contributed by atoms with van der Waals surface area (Å²) in [7, 11) is -9.19. The topological polar surface area (TPSA) is 157 Å². The van der Waals surface area contributed by atoms with Gasteiger partial charge >= 0.3 is 59.1 Å². The summed E-state index contributed by atoms with van der Waals surface area (Å²) in [5.41, 5.74) is 0.0125. The normalized spacial score (nSPS) is 10.8. The molecule has 0 aromatic heterocycles.